The first-order valence-electron chi connectivity index (χ1n) is 8.67. The number of amides is 1. The van der Waals surface area contributed by atoms with Crippen LogP contribution in [0.15, 0.2) is 42.5 Å². The lowest BCUT2D eigenvalue weighted by molar-refractivity contribution is -0.274. The summed E-state index contributed by atoms with van der Waals surface area (Å²) in [4.78, 5) is 12.6. The Morgan fingerprint density at radius 2 is 1.86 bits per heavy atom. The summed E-state index contributed by atoms with van der Waals surface area (Å²) in [7, 11) is 1.71. The van der Waals surface area contributed by atoms with Crippen LogP contribution >= 0.6 is 0 Å². The van der Waals surface area contributed by atoms with E-state index in [1.54, 1.807) is 23.9 Å². The summed E-state index contributed by atoms with van der Waals surface area (Å²) in [5.74, 6) is -0.858. The first-order valence-corrected chi connectivity index (χ1v) is 8.67. The van der Waals surface area contributed by atoms with Crippen molar-refractivity contribution in [1.29, 1.82) is 0 Å². The van der Waals surface area contributed by atoms with Crippen molar-refractivity contribution in [3.8, 4) is 5.75 Å². The van der Waals surface area contributed by atoms with Crippen molar-refractivity contribution in [2.45, 2.75) is 12.7 Å². The van der Waals surface area contributed by atoms with Crippen molar-refractivity contribution in [3.05, 3.63) is 53.7 Å². The number of halogens is 3. The van der Waals surface area contributed by atoms with E-state index in [0.29, 0.717) is 24.3 Å². The number of carbonyl (C=O) groups excluding carboxylic acids is 1. The molecule has 2 heterocycles. The van der Waals surface area contributed by atoms with Crippen molar-refractivity contribution in [2.24, 2.45) is 7.05 Å². The number of hydrogen-bond acceptors (Lipinski definition) is 5. The van der Waals surface area contributed by atoms with Crippen LogP contribution in [0.1, 0.15) is 22.3 Å². The average molecular weight is 407 g/mol. The van der Waals surface area contributed by atoms with Gasteiger partial charge in [0.15, 0.2) is 12.0 Å². The molecule has 0 aliphatic carbocycles. The first kappa shape index (κ1) is 19.2. The topological polar surface area (TPSA) is 74.6 Å². The standard InChI is InChI=1S/C19H16F3N3O4/c1-25-15-10-11(18-27-8-9-28-18)2-7-14(15)16(24-25)17(26)23-12-3-5-13(6-4-12)29-19(20,21)22/h2-7,10,18H,8-9H2,1H3,(H,23,26). The van der Waals surface area contributed by atoms with Crippen molar-refractivity contribution >= 4 is 22.5 Å². The third kappa shape index (κ3) is 4.17. The lowest BCUT2D eigenvalue weighted by Crippen LogP contribution is -2.17. The Kier molecular flexibility index (Phi) is 4.89. The van der Waals surface area contributed by atoms with Crippen LogP contribution in [0.2, 0.25) is 0 Å². The van der Waals surface area contributed by atoms with E-state index in [1.165, 1.54) is 12.1 Å². The van der Waals surface area contributed by atoms with Gasteiger partial charge >= 0.3 is 6.36 Å². The molecule has 1 N–H and O–H groups in total. The molecule has 1 aliphatic heterocycles. The fourth-order valence-corrected chi connectivity index (χ4v) is 3.07. The van der Waals surface area contributed by atoms with Gasteiger partial charge in [0.1, 0.15) is 5.75 Å². The second-order valence-electron chi connectivity index (χ2n) is 6.35. The molecule has 0 atom stereocenters. The van der Waals surface area contributed by atoms with Crippen molar-refractivity contribution in [2.75, 3.05) is 18.5 Å². The zero-order valence-electron chi connectivity index (χ0n) is 15.2. The Morgan fingerprint density at radius 3 is 2.52 bits per heavy atom. The molecule has 1 aromatic heterocycles. The van der Waals surface area contributed by atoms with Gasteiger partial charge in [-0.15, -0.1) is 13.2 Å². The fourth-order valence-electron chi connectivity index (χ4n) is 3.07. The minimum Gasteiger partial charge on any atom is -0.406 e. The number of aromatic nitrogens is 2. The molecule has 1 fully saturated rings. The van der Waals surface area contributed by atoms with Gasteiger partial charge in [0.25, 0.3) is 5.91 Å². The number of rotatable bonds is 4. The third-order valence-corrected chi connectivity index (χ3v) is 4.33. The second-order valence-corrected chi connectivity index (χ2v) is 6.35. The third-order valence-electron chi connectivity index (χ3n) is 4.33. The van der Waals surface area contributed by atoms with Crippen LogP contribution in [-0.2, 0) is 16.5 Å². The molecule has 0 bridgehead atoms. The van der Waals surface area contributed by atoms with E-state index in [1.807, 2.05) is 6.07 Å². The number of benzene rings is 2. The molecular weight excluding hydrogens is 391 g/mol. The number of fused-ring (bicyclic) bond motifs is 1. The van der Waals surface area contributed by atoms with Crippen LogP contribution in [-0.4, -0.2) is 35.3 Å². The number of aryl methyl sites for hydroxylation is 1. The number of carbonyl (C=O) groups is 1. The Hall–Kier alpha value is -3.11. The molecule has 152 valence electrons. The fraction of sp³-hybridized carbons (Fsp3) is 0.263. The maximum Gasteiger partial charge on any atom is 0.573 e. The predicted molar refractivity (Wildman–Crippen MR) is 96.4 cm³/mol. The molecule has 29 heavy (non-hydrogen) atoms. The lowest BCUT2D eigenvalue weighted by atomic mass is 10.1. The highest BCUT2D eigenvalue weighted by atomic mass is 19.4. The lowest BCUT2D eigenvalue weighted by Gasteiger charge is -2.10. The van der Waals surface area contributed by atoms with Crippen LogP contribution in [0.3, 0.4) is 0 Å². The molecule has 0 spiro atoms. The van der Waals surface area contributed by atoms with Gasteiger partial charge < -0.3 is 19.5 Å². The van der Waals surface area contributed by atoms with Gasteiger partial charge in [-0.25, -0.2) is 0 Å². The highest BCUT2D eigenvalue weighted by Crippen LogP contribution is 2.28. The number of nitrogens with zero attached hydrogens (tertiary/aromatic N) is 2. The minimum absolute atomic E-state index is 0.193. The highest BCUT2D eigenvalue weighted by molar-refractivity contribution is 6.11. The quantitative estimate of drug-likeness (QED) is 0.713. The molecular formula is C19H16F3N3O4. The highest BCUT2D eigenvalue weighted by Gasteiger charge is 2.31. The van der Waals surface area contributed by atoms with E-state index < -0.39 is 18.6 Å². The van der Waals surface area contributed by atoms with Gasteiger partial charge in [-0.05, 0) is 36.4 Å². The molecule has 10 heteroatoms. The number of alkyl halides is 3. The Balaban J connectivity index is 1.54. The molecule has 1 amide bonds. The van der Waals surface area contributed by atoms with E-state index in [-0.39, 0.29) is 11.4 Å². The number of ether oxygens (including phenoxy) is 3. The van der Waals surface area contributed by atoms with Crippen LogP contribution in [0.25, 0.3) is 10.9 Å². The minimum atomic E-state index is -4.77. The monoisotopic (exact) mass is 407 g/mol. The first-order chi connectivity index (χ1) is 13.8. The zero-order chi connectivity index (χ0) is 20.6. The molecule has 3 aromatic rings. The van der Waals surface area contributed by atoms with Gasteiger partial charge in [-0.1, -0.05) is 6.07 Å². The van der Waals surface area contributed by atoms with Crippen molar-refractivity contribution in [3.63, 3.8) is 0 Å². The Labute approximate surface area is 163 Å². The molecule has 2 aromatic carbocycles. The van der Waals surface area contributed by atoms with Gasteiger partial charge in [0.05, 0.1) is 18.7 Å². The van der Waals surface area contributed by atoms with E-state index in [4.69, 9.17) is 9.47 Å². The number of anilines is 1. The Bertz CT molecular complexity index is 1040. The van der Waals surface area contributed by atoms with E-state index in [0.717, 1.165) is 23.2 Å². The van der Waals surface area contributed by atoms with Gasteiger partial charge in [-0.2, -0.15) is 5.10 Å². The van der Waals surface area contributed by atoms with Gasteiger partial charge in [-0.3, -0.25) is 9.48 Å². The summed E-state index contributed by atoms with van der Waals surface area (Å²) in [5.41, 5.74) is 2.05. The molecule has 0 saturated carbocycles. The van der Waals surface area contributed by atoms with E-state index >= 15 is 0 Å². The normalized spacial score (nSPS) is 15.0. The van der Waals surface area contributed by atoms with Crippen LogP contribution < -0.4 is 10.1 Å². The summed E-state index contributed by atoms with van der Waals surface area (Å²) in [6.45, 7) is 1.04. The maximum absolute atomic E-state index is 12.6. The summed E-state index contributed by atoms with van der Waals surface area (Å²) >= 11 is 0. The summed E-state index contributed by atoms with van der Waals surface area (Å²) < 4.78 is 53.1. The van der Waals surface area contributed by atoms with E-state index in [2.05, 4.69) is 15.2 Å². The van der Waals surface area contributed by atoms with Gasteiger partial charge in [0.2, 0.25) is 0 Å². The molecule has 0 unspecified atom stereocenters. The van der Waals surface area contributed by atoms with Crippen molar-refractivity contribution in [1.82, 2.24) is 9.78 Å². The second kappa shape index (κ2) is 7.37. The zero-order valence-corrected chi connectivity index (χ0v) is 15.2. The molecule has 4 rings (SSSR count). The maximum atomic E-state index is 12.6. The van der Waals surface area contributed by atoms with E-state index in [9.17, 15) is 18.0 Å². The number of nitrogens with one attached hydrogen (secondary N) is 1. The van der Waals surface area contributed by atoms with Gasteiger partial charge in [0, 0.05) is 23.7 Å². The van der Waals surface area contributed by atoms with Crippen LogP contribution in [0, 0.1) is 0 Å². The van der Waals surface area contributed by atoms with Crippen LogP contribution in [0.5, 0.6) is 5.75 Å². The molecule has 7 nitrogen and oxygen atoms in total. The predicted octanol–water partition coefficient (Wildman–Crippen LogP) is 3.77. The van der Waals surface area contributed by atoms with Crippen molar-refractivity contribution < 1.29 is 32.2 Å². The SMILES string of the molecule is Cn1nc(C(=O)Nc2ccc(OC(F)(F)F)cc2)c2ccc(C3OCCO3)cc21. The summed E-state index contributed by atoms with van der Waals surface area (Å²) in [6, 6.07) is 10.3. The smallest absolute Gasteiger partial charge is 0.406 e. The largest absolute Gasteiger partial charge is 0.573 e. The number of hydrogen-bond donors (Lipinski definition) is 1. The summed E-state index contributed by atoms with van der Waals surface area (Å²) in [6.07, 6.45) is -5.21. The Morgan fingerprint density at radius 1 is 1.17 bits per heavy atom. The van der Waals surface area contributed by atoms with Crippen LogP contribution in [0.4, 0.5) is 18.9 Å². The average Bonchev–Trinajstić information content (AvgIpc) is 3.30. The molecule has 1 aliphatic rings. The molecule has 1 saturated heterocycles. The molecule has 0 radical (unpaired) electrons. The summed E-state index contributed by atoms with van der Waals surface area (Å²) in [5, 5.41) is 7.52.